The van der Waals surface area contributed by atoms with Crippen molar-refractivity contribution in [2.24, 2.45) is 0 Å². The molecule has 0 aliphatic carbocycles. The molecular weight excluding hydrogens is 230 g/mol. The van der Waals surface area contributed by atoms with Gasteiger partial charge in [-0.2, -0.15) is 5.10 Å². The first-order valence-corrected chi connectivity index (χ1v) is 6.00. The van der Waals surface area contributed by atoms with Gasteiger partial charge in [0.1, 0.15) is 18.3 Å². The van der Waals surface area contributed by atoms with E-state index in [4.69, 9.17) is 0 Å². The van der Waals surface area contributed by atoms with E-state index in [1.807, 2.05) is 19.9 Å². The monoisotopic (exact) mass is 247 g/mol. The van der Waals surface area contributed by atoms with Crippen molar-refractivity contribution in [3.63, 3.8) is 0 Å². The van der Waals surface area contributed by atoms with Gasteiger partial charge in [-0.25, -0.2) is 4.98 Å². The van der Waals surface area contributed by atoms with E-state index >= 15 is 0 Å². The molecule has 2 heterocycles. The maximum absolute atomic E-state index is 11.9. The third kappa shape index (κ3) is 2.97. The quantitative estimate of drug-likeness (QED) is 0.827. The lowest BCUT2D eigenvalue weighted by molar-refractivity contribution is 0.0931. The zero-order valence-electron chi connectivity index (χ0n) is 10.6. The number of nitrogens with zero attached hydrogens (tertiary/aromatic N) is 3. The summed E-state index contributed by atoms with van der Waals surface area (Å²) in [5, 5.41) is 6.91. The van der Waals surface area contributed by atoms with Crippen molar-refractivity contribution in [3.05, 3.63) is 36.2 Å². The lowest BCUT2D eigenvalue weighted by Gasteiger charge is -2.12. The van der Waals surface area contributed by atoms with Crippen molar-refractivity contribution >= 4 is 5.91 Å². The molecular formula is C12H17N5O. The average molecular weight is 247 g/mol. The van der Waals surface area contributed by atoms with Crippen LogP contribution >= 0.6 is 0 Å². The molecule has 0 saturated heterocycles. The Hall–Kier alpha value is -2.11. The van der Waals surface area contributed by atoms with Crippen molar-refractivity contribution in [3.8, 4) is 0 Å². The fourth-order valence-corrected chi connectivity index (χ4v) is 1.73. The molecule has 6 nitrogen and oxygen atoms in total. The molecule has 0 aliphatic rings. The number of carbonyl (C=O) groups is 1. The zero-order valence-corrected chi connectivity index (χ0v) is 10.6. The lowest BCUT2D eigenvalue weighted by atomic mass is 10.3. The Morgan fingerprint density at radius 2 is 2.39 bits per heavy atom. The van der Waals surface area contributed by atoms with Gasteiger partial charge >= 0.3 is 0 Å². The number of amides is 1. The molecule has 18 heavy (non-hydrogen) atoms. The predicted octanol–water partition coefficient (Wildman–Crippen LogP) is 0.987. The minimum atomic E-state index is -0.0951. The van der Waals surface area contributed by atoms with E-state index in [0.29, 0.717) is 12.2 Å². The van der Waals surface area contributed by atoms with Crippen molar-refractivity contribution in [2.75, 3.05) is 0 Å². The summed E-state index contributed by atoms with van der Waals surface area (Å²) in [6.45, 7) is 4.58. The van der Waals surface area contributed by atoms with E-state index in [1.165, 1.54) is 6.33 Å². The highest BCUT2D eigenvalue weighted by molar-refractivity contribution is 5.92. The lowest BCUT2D eigenvalue weighted by Crippen LogP contribution is -2.36. The van der Waals surface area contributed by atoms with Gasteiger partial charge in [-0.3, -0.25) is 9.48 Å². The van der Waals surface area contributed by atoms with Crippen LogP contribution in [-0.2, 0) is 13.0 Å². The Balaban J connectivity index is 1.90. The van der Waals surface area contributed by atoms with Crippen LogP contribution in [0.15, 0.2) is 24.8 Å². The molecule has 2 aromatic rings. The first kappa shape index (κ1) is 12.3. The number of hydrogen-bond acceptors (Lipinski definition) is 3. The summed E-state index contributed by atoms with van der Waals surface area (Å²) in [7, 11) is 0. The Bertz CT molecular complexity index is 502. The highest BCUT2D eigenvalue weighted by Gasteiger charge is 2.11. The summed E-state index contributed by atoms with van der Waals surface area (Å²) < 4.78 is 1.69. The number of nitrogens with one attached hydrogen (secondary N) is 2. The van der Waals surface area contributed by atoms with Gasteiger partial charge in [0.05, 0.1) is 6.54 Å². The number of aromatic nitrogens is 4. The van der Waals surface area contributed by atoms with Gasteiger partial charge in [0.25, 0.3) is 5.91 Å². The number of rotatable bonds is 5. The molecule has 0 unspecified atom stereocenters. The molecule has 96 valence electrons. The van der Waals surface area contributed by atoms with E-state index in [0.717, 1.165) is 12.1 Å². The SMILES string of the molecule is CCc1ccc(C(=O)N[C@H](C)Cn2cncn2)[nH]1. The molecule has 0 spiro atoms. The molecule has 0 aliphatic heterocycles. The van der Waals surface area contributed by atoms with Crippen LogP contribution in [0.4, 0.5) is 0 Å². The summed E-state index contributed by atoms with van der Waals surface area (Å²) >= 11 is 0. The number of H-pyrrole nitrogens is 1. The van der Waals surface area contributed by atoms with Gasteiger partial charge in [0.15, 0.2) is 0 Å². The van der Waals surface area contributed by atoms with Crippen LogP contribution in [0.5, 0.6) is 0 Å². The van der Waals surface area contributed by atoms with Crippen LogP contribution in [0.1, 0.15) is 30.0 Å². The van der Waals surface area contributed by atoms with E-state index in [-0.39, 0.29) is 11.9 Å². The Morgan fingerprint density at radius 3 is 3.00 bits per heavy atom. The second-order valence-electron chi connectivity index (χ2n) is 4.24. The summed E-state index contributed by atoms with van der Waals surface area (Å²) in [5.41, 5.74) is 1.65. The Labute approximate surface area is 105 Å². The summed E-state index contributed by atoms with van der Waals surface area (Å²) in [6, 6.07) is 3.72. The topological polar surface area (TPSA) is 75.6 Å². The molecule has 2 aromatic heterocycles. The van der Waals surface area contributed by atoms with Crippen LogP contribution in [0, 0.1) is 0 Å². The molecule has 0 radical (unpaired) electrons. The Morgan fingerprint density at radius 1 is 1.56 bits per heavy atom. The number of carbonyl (C=O) groups excluding carboxylic acids is 1. The van der Waals surface area contributed by atoms with Gasteiger partial charge < -0.3 is 10.3 Å². The average Bonchev–Trinajstić information content (AvgIpc) is 2.98. The zero-order chi connectivity index (χ0) is 13.0. The molecule has 1 amide bonds. The normalized spacial score (nSPS) is 12.3. The minimum Gasteiger partial charge on any atom is -0.354 e. The van der Waals surface area contributed by atoms with Crippen LogP contribution in [0.2, 0.25) is 0 Å². The standard InChI is InChI=1S/C12H17N5O/c1-3-10-4-5-11(16-10)12(18)15-9(2)6-17-8-13-7-14-17/h4-5,7-9,16H,3,6H2,1-2H3,(H,15,18)/t9-/m1/s1. The van der Waals surface area contributed by atoms with E-state index in [1.54, 1.807) is 17.1 Å². The Kier molecular flexibility index (Phi) is 3.76. The van der Waals surface area contributed by atoms with Gasteiger partial charge in [-0.1, -0.05) is 6.92 Å². The molecule has 2 N–H and O–H groups in total. The maximum atomic E-state index is 11.9. The highest BCUT2D eigenvalue weighted by atomic mass is 16.1. The smallest absolute Gasteiger partial charge is 0.267 e. The van der Waals surface area contributed by atoms with Crippen LogP contribution < -0.4 is 5.32 Å². The van der Waals surface area contributed by atoms with Gasteiger partial charge in [0.2, 0.25) is 0 Å². The van der Waals surface area contributed by atoms with E-state index in [9.17, 15) is 4.79 Å². The number of hydrogen-bond donors (Lipinski definition) is 2. The van der Waals surface area contributed by atoms with Gasteiger partial charge in [-0.15, -0.1) is 0 Å². The second kappa shape index (κ2) is 5.48. The molecule has 2 rings (SSSR count). The largest absolute Gasteiger partial charge is 0.354 e. The van der Waals surface area contributed by atoms with Crippen LogP contribution in [0.25, 0.3) is 0 Å². The fraction of sp³-hybridized carbons (Fsp3) is 0.417. The highest BCUT2D eigenvalue weighted by Crippen LogP contribution is 2.03. The van der Waals surface area contributed by atoms with E-state index in [2.05, 4.69) is 20.4 Å². The third-order valence-electron chi connectivity index (χ3n) is 2.68. The molecule has 1 atom stereocenters. The van der Waals surface area contributed by atoms with Gasteiger partial charge in [0, 0.05) is 11.7 Å². The molecule has 0 saturated carbocycles. The van der Waals surface area contributed by atoms with Crippen molar-refractivity contribution < 1.29 is 4.79 Å². The van der Waals surface area contributed by atoms with Crippen molar-refractivity contribution in [2.45, 2.75) is 32.9 Å². The minimum absolute atomic E-state index is 0.00687. The number of aryl methyl sites for hydroxylation is 1. The number of aromatic amines is 1. The van der Waals surface area contributed by atoms with Crippen molar-refractivity contribution in [1.29, 1.82) is 0 Å². The molecule has 0 aromatic carbocycles. The summed E-state index contributed by atoms with van der Waals surface area (Å²) in [5.74, 6) is -0.0951. The third-order valence-corrected chi connectivity index (χ3v) is 2.68. The van der Waals surface area contributed by atoms with Crippen molar-refractivity contribution in [1.82, 2.24) is 25.1 Å². The summed E-state index contributed by atoms with van der Waals surface area (Å²) in [6.07, 6.45) is 4.00. The van der Waals surface area contributed by atoms with E-state index < -0.39 is 0 Å². The molecule has 0 bridgehead atoms. The predicted molar refractivity (Wildman–Crippen MR) is 67.1 cm³/mol. The first-order valence-electron chi connectivity index (χ1n) is 6.00. The second-order valence-corrected chi connectivity index (χ2v) is 4.24. The maximum Gasteiger partial charge on any atom is 0.267 e. The first-order chi connectivity index (χ1) is 8.69. The molecule has 6 heteroatoms. The van der Waals surface area contributed by atoms with Crippen LogP contribution in [-0.4, -0.2) is 31.7 Å². The fourth-order valence-electron chi connectivity index (χ4n) is 1.73. The summed E-state index contributed by atoms with van der Waals surface area (Å²) in [4.78, 5) is 18.9. The molecule has 0 fully saturated rings. The van der Waals surface area contributed by atoms with Gasteiger partial charge in [-0.05, 0) is 25.5 Å². The van der Waals surface area contributed by atoms with Crippen LogP contribution in [0.3, 0.4) is 0 Å².